The molecule has 1 aliphatic heterocycles. The smallest absolute Gasteiger partial charge is 0.252 e. The number of nitrogens with two attached hydrogens (primary N) is 1. The van der Waals surface area contributed by atoms with E-state index in [4.69, 9.17) is 10.5 Å². The normalized spacial score (nSPS) is 26.4. The minimum Gasteiger partial charge on any atom is -0.398 e. The minimum absolute atomic E-state index is 0.0151. The Morgan fingerprint density at radius 3 is 2.84 bits per heavy atom. The summed E-state index contributed by atoms with van der Waals surface area (Å²) in [4.78, 5) is 12.4. The summed E-state index contributed by atoms with van der Waals surface area (Å²) in [6, 6.07) is 3.60. The highest BCUT2D eigenvalue weighted by molar-refractivity contribution is 9.10. The Bertz CT molecular complexity index is 518. The Labute approximate surface area is 121 Å². The fourth-order valence-corrected chi connectivity index (χ4v) is 2.74. The number of amides is 1. The van der Waals surface area contributed by atoms with Crippen molar-refractivity contribution in [2.75, 3.05) is 12.3 Å². The van der Waals surface area contributed by atoms with Crippen molar-refractivity contribution in [2.24, 2.45) is 0 Å². The molecule has 2 rings (SSSR count). The topological polar surface area (TPSA) is 64.4 Å². The lowest BCUT2D eigenvalue weighted by Gasteiger charge is -2.29. The summed E-state index contributed by atoms with van der Waals surface area (Å²) in [6.07, 6.45) is 0.837. The summed E-state index contributed by atoms with van der Waals surface area (Å²) >= 11 is 3.37. The first-order valence-corrected chi connectivity index (χ1v) is 7.12. The fraction of sp³-hybridized carbons (Fsp3) is 0.500. The van der Waals surface area contributed by atoms with E-state index in [-0.39, 0.29) is 17.6 Å². The van der Waals surface area contributed by atoms with Crippen molar-refractivity contribution in [1.29, 1.82) is 0 Å². The van der Waals surface area contributed by atoms with Gasteiger partial charge in [0.1, 0.15) is 0 Å². The number of nitrogen functional groups attached to an aromatic ring is 1. The van der Waals surface area contributed by atoms with Crippen molar-refractivity contribution in [1.82, 2.24) is 5.32 Å². The summed E-state index contributed by atoms with van der Waals surface area (Å²) in [5.41, 5.74) is 7.59. The van der Waals surface area contributed by atoms with Crippen molar-refractivity contribution in [3.63, 3.8) is 0 Å². The predicted molar refractivity (Wildman–Crippen MR) is 79.2 cm³/mol. The number of ether oxygens (including phenoxy) is 1. The molecule has 2 atom stereocenters. The molecule has 1 aromatic rings. The molecule has 1 heterocycles. The molecule has 1 aromatic carbocycles. The second kappa shape index (κ2) is 5.13. The van der Waals surface area contributed by atoms with E-state index in [1.54, 1.807) is 12.1 Å². The first-order chi connectivity index (χ1) is 8.83. The highest BCUT2D eigenvalue weighted by atomic mass is 79.9. The standard InChI is InChI=1S/C14H19BrN2O2/c1-8-11(6-10(15)7-12(8)16)13(18)17-14(3)4-5-19-9(14)2/h6-7,9H,4-5,16H2,1-3H3,(H,17,18). The maximum atomic E-state index is 12.4. The molecule has 19 heavy (non-hydrogen) atoms. The van der Waals surface area contributed by atoms with Crippen LogP contribution in [0.4, 0.5) is 5.69 Å². The van der Waals surface area contributed by atoms with E-state index in [1.807, 2.05) is 20.8 Å². The fourth-order valence-electron chi connectivity index (χ4n) is 2.26. The molecule has 3 N–H and O–H groups in total. The van der Waals surface area contributed by atoms with Gasteiger partial charge in [-0.05, 0) is 44.9 Å². The average molecular weight is 327 g/mol. The van der Waals surface area contributed by atoms with Gasteiger partial charge in [0.05, 0.1) is 11.6 Å². The predicted octanol–water partition coefficient (Wildman–Crippen LogP) is 2.64. The van der Waals surface area contributed by atoms with Crippen LogP contribution in [0.3, 0.4) is 0 Å². The van der Waals surface area contributed by atoms with Gasteiger partial charge in [0.2, 0.25) is 0 Å². The summed E-state index contributed by atoms with van der Waals surface area (Å²) in [5, 5.41) is 3.08. The van der Waals surface area contributed by atoms with Gasteiger partial charge in [0, 0.05) is 22.3 Å². The van der Waals surface area contributed by atoms with Gasteiger partial charge in [-0.2, -0.15) is 0 Å². The Kier molecular flexibility index (Phi) is 3.87. The molecule has 1 saturated heterocycles. The van der Waals surface area contributed by atoms with Crippen LogP contribution in [0.25, 0.3) is 0 Å². The van der Waals surface area contributed by atoms with E-state index in [9.17, 15) is 4.79 Å². The van der Waals surface area contributed by atoms with E-state index < -0.39 is 0 Å². The third-order valence-corrected chi connectivity index (χ3v) is 4.40. The molecule has 2 unspecified atom stereocenters. The lowest BCUT2D eigenvalue weighted by molar-refractivity contribution is 0.0727. The number of nitrogens with one attached hydrogen (secondary N) is 1. The van der Waals surface area contributed by atoms with Crippen LogP contribution in [0.1, 0.15) is 36.2 Å². The van der Waals surface area contributed by atoms with Crippen LogP contribution < -0.4 is 11.1 Å². The molecule has 1 fully saturated rings. The lowest BCUT2D eigenvalue weighted by Crippen LogP contribution is -2.50. The van der Waals surface area contributed by atoms with Crippen LogP contribution in [0.2, 0.25) is 0 Å². The second-order valence-corrected chi connectivity index (χ2v) is 6.22. The van der Waals surface area contributed by atoms with Gasteiger partial charge in [0.15, 0.2) is 0 Å². The van der Waals surface area contributed by atoms with E-state index in [1.165, 1.54) is 0 Å². The summed E-state index contributed by atoms with van der Waals surface area (Å²) < 4.78 is 6.34. The number of hydrogen-bond donors (Lipinski definition) is 2. The largest absolute Gasteiger partial charge is 0.398 e. The van der Waals surface area contributed by atoms with Gasteiger partial charge in [0.25, 0.3) is 5.91 Å². The van der Waals surface area contributed by atoms with Crippen LogP contribution in [0.5, 0.6) is 0 Å². The summed E-state index contributed by atoms with van der Waals surface area (Å²) in [6.45, 7) is 6.53. The zero-order valence-electron chi connectivity index (χ0n) is 11.4. The molecule has 104 valence electrons. The minimum atomic E-state index is -0.319. The molecule has 0 bridgehead atoms. The number of rotatable bonds is 2. The van der Waals surface area contributed by atoms with Crippen molar-refractivity contribution in [3.8, 4) is 0 Å². The van der Waals surface area contributed by atoms with Crippen molar-refractivity contribution >= 4 is 27.5 Å². The van der Waals surface area contributed by atoms with E-state index in [0.717, 1.165) is 16.5 Å². The van der Waals surface area contributed by atoms with Gasteiger partial charge in [-0.25, -0.2) is 0 Å². The highest BCUT2D eigenvalue weighted by Crippen LogP contribution is 2.27. The Morgan fingerprint density at radius 2 is 2.26 bits per heavy atom. The van der Waals surface area contributed by atoms with Crippen LogP contribution >= 0.6 is 15.9 Å². The molecular formula is C14H19BrN2O2. The third-order valence-electron chi connectivity index (χ3n) is 3.94. The lowest BCUT2D eigenvalue weighted by atomic mass is 9.93. The second-order valence-electron chi connectivity index (χ2n) is 5.30. The van der Waals surface area contributed by atoms with Crippen LogP contribution in [0.15, 0.2) is 16.6 Å². The summed E-state index contributed by atoms with van der Waals surface area (Å²) in [7, 11) is 0. The number of benzene rings is 1. The van der Waals surface area contributed by atoms with Gasteiger partial charge < -0.3 is 15.8 Å². The van der Waals surface area contributed by atoms with E-state index in [2.05, 4.69) is 21.2 Å². The molecule has 0 radical (unpaired) electrons. The zero-order chi connectivity index (χ0) is 14.2. The molecule has 0 aromatic heterocycles. The van der Waals surface area contributed by atoms with Crippen LogP contribution in [-0.2, 0) is 4.74 Å². The molecule has 0 saturated carbocycles. The number of carbonyl (C=O) groups excluding carboxylic acids is 1. The molecular weight excluding hydrogens is 308 g/mol. The zero-order valence-corrected chi connectivity index (χ0v) is 13.0. The third kappa shape index (κ3) is 2.77. The van der Waals surface area contributed by atoms with Gasteiger partial charge in [-0.3, -0.25) is 4.79 Å². The Morgan fingerprint density at radius 1 is 1.58 bits per heavy atom. The molecule has 0 aliphatic carbocycles. The van der Waals surface area contributed by atoms with Crippen LogP contribution in [-0.4, -0.2) is 24.2 Å². The Balaban J connectivity index is 2.26. The molecule has 4 nitrogen and oxygen atoms in total. The molecule has 0 spiro atoms. The van der Waals surface area contributed by atoms with Gasteiger partial charge >= 0.3 is 0 Å². The maximum absolute atomic E-state index is 12.4. The van der Waals surface area contributed by atoms with E-state index in [0.29, 0.717) is 17.9 Å². The Hall–Kier alpha value is -1.07. The SMILES string of the molecule is Cc1c(N)cc(Br)cc1C(=O)NC1(C)CCOC1C. The van der Waals surface area contributed by atoms with Crippen molar-refractivity contribution in [2.45, 2.75) is 38.8 Å². The average Bonchev–Trinajstić information content (AvgIpc) is 2.64. The molecule has 1 amide bonds. The summed E-state index contributed by atoms with van der Waals surface area (Å²) in [5.74, 6) is -0.106. The quantitative estimate of drug-likeness (QED) is 0.821. The number of hydrogen-bond acceptors (Lipinski definition) is 3. The highest BCUT2D eigenvalue weighted by Gasteiger charge is 2.38. The molecule has 1 aliphatic rings. The monoisotopic (exact) mass is 326 g/mol. The van der Waals surface area contributed by atoms with Gasteiger partial charge in [-0.1, -0.05) is 15.9 Å². The van der Waals surface area contributed by atoms with Crippen LogP contribution in [0, 0.1) is 6.92 Å². The van der Waals surface area contributed by atoms with Crippen molar-refractivity contribution < 1.29 is 9.53 Å². The number of carbonyl (C=O) groups is 1. The number of halogens is 1. The van der Waals surface area contributed by atoms with Gasteiger partial charge in [-0.15, -0.1) is 0 Å². The van der Waals surface area contributed by atoms with Crippen molar-refractivity contribution in [3.05, 3.63) is 27.7 Å². The molecule has 5 heteroatoms. The maximum Gasteiger partial charge on any atom is 0.252 e. The first kappa shape index (κ1) is 14.3. The number of anilines is 1. The van der Waals surface area contributed by atoms with E-state index >= 15 is 0 Å². The first-order valence-electron chi connectivity index (χ1n) is 6.33.